The van der Waals surface area contributed by atoms with Crippen LogP contribution in [0.15, 0.2) is 91.0 Å². The molecule has 1 N–H and O–H groups in total. The van der Waals surface area contributed by atoms with E-state index in [2.05, 4.69) is 48.5 Å². The van der Waals surface area contributed by atoms with Crippen molar-refractivity contribution in [3.63, 3.8) is 0 Å². The SMILES string of the molecule is CCCCC1(CN(C)c2cc3c(cc2Nc2ccccc2)C2(OC(=O)c4ccccc42)c2ccccc2O3)CCCO1. The Labute approximate surface area is 247 Å². The van der Waals surface area contributed by atoms with Gasteiger partial charge in [0.1, 0.15) is 11.5 Å². The van der Waals surface area contributed by atoms with E-state index >= 15 is 0 Å². The lowest BCUT2D eigenvalue weighted by atomic mass is 9.77. The molecule has 0 saturated carbocycles. The Morgan fingerprint density at radius 3 is 2.43 bits per heavy atom. The van der Waals surface area contributed by atoms with E-state index in [1.165, 1.54) is 0 Å². The van der Waals surface area contributed by atoms with Crippen molar-refractivity contribution in [2.75, 3.05) is 30.4 Å². The van der Waals surface area contributed by atoms with Crippen LogP contribution in [0.2, 0.25) is 0 Å². The molecule has 2 unspecified atom stereocenters. The summed E-state index contributed by atoms with van der Waals surface area (Å²) in [7, 11) is 2.13. The van der Waals surface area contributed by atoms with Crippen LogP contribution in [0.4, 0.5) is 17.1 Å². The Morgan fingerprint density at radius 1 is 0.881 bits per heavy atom. The van der Waals surface area contributed by atoms with Gasteiger partial charge in [0.15, 0.2) is 5.60 Å². The number of nitrogens with one attached hydrogen (secondary N) is 1. The molecule has 6 heteroatoms. The monoisotopic (exact) mass is 560 g/mol. The Balaban J connectivity index is 1.40. The van der Waals surface area contributed by atoms with E-state index in [1.807, 2.05) is 66.7 Å². The number of fused-ring (bicyclic) bond motifs is 6. The summed E-state index contributed by atoms with van der Waals surface area (Å²) >= 11 is 0. The molecule has 3 aliphatic rings. The van der Waals surface area contributed by atoms with Gasteiger partial charge in [-0.2, -0.15) is 0 Å². The Kier molecular flexibility index (Phi) is 6.66. The highest BCUT2D eigenvalue weighted by Crippen LogP contribution is 2.57. The Hall–Kier alpha value is -4.29. The number of likely N-dealkylation sites (N-methyl/N-ethyl adjacent to an activating group) is 1. The second-order valence-corrected chi connectivity index (χ2v) is 11.7. The lowest BCUT2D eigenvalue weighted by Crippen LogP contribution is -2.41. The summed E-state index contributed by atoms with van der Waals surface area (Å²) in [6.07, 6.45) is 5.47. The number of para-hydroxylation sites is 2. The third-order valence-corrected chi connectivity index (χ3v) is 8.90. The van der Waals surface area contributed by atoms with Crippen LogP contribution < -0.4 is 15.0 Å². The molecule has 4 aromatic rings. The summed E-state index contributed by atoms with van der Waals surface area (Å²) in [5.74, 6) is 1.03. The van der Waals surface area contributed by atoms with Crippen LogP contribution in [0.5, 0.6) is 11.5 Å². The summed E-state index contributed by atoms with van der Waals surface area (Å²) in [6.45, 7) is 3.82. The average Bonchev–Trinajstić information content (AvgIpc) is 3.60. The van der Waals surface area contributed by atoms with Crippen molar-refractivity contribution >= 4 is 23.0 Å². The van der Waals surface area contributed by atoms with Gasteiger partial charge in [0.25, 0.3) is 0 Å². The third kappa shape index (κ3) is 4.33. The summed E-state index contributed by atoms with van der Waals surface area (Å²) < 4.78 is 19.4. The topological polar surface area (TPSA) is 60.0 Å². The first-order valence-corrected chi connectivity index (χ1v) is 15.0. The van der Waals surface area contributed by atoms with Gasteiger partial charge in [-0.25, -0.2) is 4.79 Å². The highest BCUT2D eigenvalue weighted by Gasteiger charge is 2.53. The van der Waals surface area contributed by atoms with Gasteiger partial charge in [0.05, 0.1) is 22.5 Å². The van der Waals surface area contributed by atoms with Crippen molar-refractivity contribution in [1.82, 2.24) is 0 Å². The number of hydrogen-bond donors (Lipinski definition) is 1. The summed E-state index contributed by atoms with van der Waals surface area (Å²) in [5.41, 5.74) is 4.63. The second-order valence-electron chi connectivity index (χ2n) is 11.7. The molecular formula is C36H36N2O4. The van der Waals surface area contributed by atoms with Crippen LogP contribution in [0, 0.1) is 0 Å². The fourth-order valence-corrected chi connectivity index (χ4v) is 6.92. The molecule has 7 rings (SSSR count). The molecule has 214 valence electrons. The number of unbranched alkanes of at least 4 members (excludes halogenated alkanes) is 1. The van der Waals surface area contributed by atoms with E-state index in [9.17, 15) is 4.79 Å². The number of benzene rings is 4. The number of hydrogen-bond acceptors (Lipinski definition) is 6. The van der Waals surface area contributed by atoms with Gasteiger partial charge in [-0.15, -0.1) is 0 Å². The van der Waals surface area contributed by atoms with E-state index in [0.717, 1.165) is 79.0 Å². The van der Waals surface area contributed by atoms with Crippen LogP contribution >= 0.6 is 0 Å². The van der Waals surface area contributed by atoms with Crippen molar-refractivity contribution < 1.29 is 19.0 Å². The largest absolute Gasteiger partial charge is 0.456 e. The lowest BCUT2D eigenvalue weighted by Gasteiger charge is -2.39. The summed E-state index contributed by atoms with van der Waals surface area (Å²) in [4.78, 5) is 15.6. The minimum Gasteiger partial charge on any atom is -0.456 e. The standard InChI is InChI=1S/C36H36N2O4/c1-3-4-19-35(20-12-21-40-35)24-38(2)31-23-33-29(22-30(31)37-25-13-6-5-7-14-25)36(28-17-10-11-18-32(28)41-33)27-16-9-8-15-26(27)34(39)42-36/h5-11,13-18,22-23,37H,3-4,12,19-21,24H2,1-2H3. The minimum atomic E-state index is -1.11. The molecular weight excluding hydrogens is 524 g/mol. The van der Waals surface area contributed by atoms with E-state index in [-0.39, 0.29) is 11.6 Å². The predicted molar refractivity (Wildman–Crippen MR) is 165 cm³/mol. The Morgan fingerprint density at radius 2 is 1.64 bits per heavy atom. The zero-order valence-corrected chi connectivity index (χ0v) is 24.2. The molecule has 0 aliphatic carbocycles. The fraction of sp³-hybridized carbons (Fsp3) is 0.306. The maximum absolute atomic E-state index is 13.3. The lowest BCUT2D eigenvalue weighted by molar-refractivity contribution is 0.00251. The maximum atomic E-state index is 13.3. The molecule has 0 aromatic heterocycles. The van der Waals surface area contributed by atoms with E-state index in [4.69, 9.17) is 14.2 Å². The first-order chi connectivity index (χ1) is 20.5. The summed E-state index contributed by atoms with van der Waals surface area (Å²) in [6, 6.07) is 29.9. The minimum absolute atomic E-state index is 0.167. The van der Waals surface area contributed by atoms with Crippen LogP contribution in [-0.2, 0) is 15.1 Å². The molecule has 0 radical (unpaired) electrons. The zero-order valence-electron chi connectivity index (χ0n) is 24.2. The molecule has 42 heavy (non-hydrogen) atoms. The predicted octanol–water partition coefficient (Wildman–Crippen LogP) is 8.17. The normalized spacial score (nSPS) is 21.7. The molecule has 1 saturated heterocycles. The molecule has 3 aliphatic heterocycles. The van der Waals surface area contributed by atoms with Crippen molar-refractivity contribution in [1.29, 1.82) is 0 Å². The second kappa shape index (κ2) is 10.5. The number of carbonyl (C=O) groups is 1. The van der Waals surface area contributed by atoms with E-state index in [1.54, 1.807) is 0 Å². The van der Waals surface area contributed by atoms with Gasteiger partial charge in [0, 0.05) is 48.6 Å². The molecule has 2 atom stereocenters. The van der Waals surface area contributed by atoms with Crippen molar-refractivity contribution in [2.24, 2.45) is 0 Å². The number of rotatable bonds is 8. The van der Waals surface area contributed by atoms with Crippen LogP contribution in [-0.4, -0.2) is 31.8 Å². The first kappa shape index (κ1) is 26.6. The van der Waals surface area contributed by atoms with Gasteiger partial charge in [0.2, 0.25) is 0 Å². The van der Waals surface area contributed by atoms with Crippen molar-refractivity contribution in [2.45, 2.75) is 50.2 Å². The number of anilines is 3. The molecule has 0 bridgehead atoms. The van der Waals surface area contributed by atoms with Gasteiger partial charge >= 0.3 is 5.97 Å². The van der Waals surface area contributed by atoms with Gasteiger partial charge < -0.3 is 24.4 Å². The molecule has 4 aromatic carbocycles. The quantitative estimate of drug-likeness (QED) is 0.219. The highest BCUT2D eigenvalue weighted by atomic mass is 16.6. The van der Waals surface area contributed by atoms with Crippen LogP contribution in [0.25, 0.3) is 0 Å². The van der Waals surface area contributed by atoms with Crippen molar-refractivity contribution in [3.05, 3.63) is 113 Å². The zero-order chi connectivity index (χ0) is 28.7. The number of nitrogens with zero attached hydrogens (tertiary/aromatic N) is 1. The molecule has 0 amide bonds. The first-order valence-electron chi connectivity index (χ1n) is 15.0. The van der Waals surface area contributed by atoms with Gasteiger partial charge in [-0.3, -0.25) is 0 Å². The Bertz CT molecular complexity index is 1630. The van der Waals surface area contributed by atoms with Crippen LogP contribution in [0.1, 0.15) is 66.1 Å². The van der Waals surface area contributed by atoms with E-state index in [0.29, 0.717) is 17.1 Å². The third-order valence-electron chi connectivity index (χ3n) is 8.90. The van der Waals surface area contributed by atoms with E-state index < -0.39 is 5.60 Å². The molecule has 1 fully saturated rings. The van der Waals surface area contributed by atoms with Gasteiger partial charge in [-0.05, 0) is 49.6 Å². The average molecular weight is 561 g/mol. The highest BCUT2D eigenvalue weighted by molar-refractivity contribution is 5.97. The van der Waals surface area contributed by atoms with Gasteiger partial charge in [-0.1, -0.05) is 74.4 Å². The number of esters is 1. The molecule has 3 heterocycles. The van der Waals surface area contributed by atoms with Crippen molar-refractivity contribution in [3.8, 4) is 11.5 Å². The maximum Gasteiger partial charge on any atom is 0.340 e. The fourth-order valence-electron chi connectivity index (χ4n) is 6.92. The molecule has 6 nitrogen and oxygen atoms in total. The number of carbonyl (C=O) groups excluding carboxylic acids is 1. The van der Waals surface area contributed by atoms with Crippen LogP contribution in [0.3, 0.4) is 0 Å². The molecule has 1 spiro atoms. The summed E-state index contributed by atoms with van der Waals surface area (Å²) in [5, 5.41) is 3.67. The number of ether oxygens (including phenoxy) is 3. The smallest absolute Gasteiger partial charge is 0.340 e.